The third-order valence-corrected chi connectivity index (χ3v) is 10.5. The highest BCUT2D eigenvalue weighted by Gasteiger charge is 2.16. The van der Waals surface area contributed by atoms with Crippen molar-refractivity contribution in [1.29, 1.82) is 0 Å². The molecule has 0 heterocycles. The van der Waals surface area contributed by atoms with Crippen molar-refractivity contribution in [2.45, 2.75) is 180 Å². The lowest BCUT2D eigenvalue weighted by Crippen LogP contribution is -2.38. The molecule has 0 aliphatic rings. The van der Waals surface area contributed by atoms with Crippen LogP contribution in [0.4, 0.5) is 0 Å². The van der Waals surface area contributed by atoms with Gasteiger partial charge in [0.15, 0.2) is 5.85 Å². The minimum Gasteiger partial charge on any atom is -0.395 e. The second kappa shape index (κ2) is 33.4. The number of aliphatic hydroxyl groups excluding tert-OH is 2. The predicted octanol–water partition coefficient (Wildman–Crippen LogP) is 9.97. The number of rotatable bonds is 32. The summed E-state index contributed by atoms with van der Waals surface area (Å²) in [5.74, 6) is -1.22. The first-order valence-electron chi connectivity index (χ1n) is 18.8. The third kappa shape index (κ3) is 31.9. The Bertz CT molecular complexity index is 968. The topological polar surface area (TPSA) is 130 Å². The Labute approximate surface area is 289 Å². The smallest absolute Gasteiger partial charge is 0.347 e. The number of nitrogens with one attached hydrogen (secondary N) is 1. The van der Waals surface area contributed by atoms with E-state index in [0.717, 1.165) is 44.1 Å². The maximum absolute atomic E-state index is 12.3. The summed E-state index contributed by atoms with van der Waals surface area (Å²) < 4.78 is 52.8. The fourth-order valence-electron chi connectivity index (χ4n) is 5.43. The molecule has 1 aromatic rings. The Morgan fingerprint density at radius 1 is 0.681 bits per heavy atom. The first-order valence-corrected chi connectivity index (χ1v) is 21.7. The molecule has 0 aliphatic carbocycles. The lowest BCUT2D eigenvalue weighted by molar-refractivity contribution is 0.0626. The normalized spacial score (nSPS) is 12.8. The van der Waals surface area contributed by atoms with Crippen LogP contribution in [0.15, 0.2) is 30.3 Å². The Kier molecular flexibility index (Phi) is 32.6. The second-order valence-corrected chi connectivity index (χ2v) is 16.0. The molecule has 8 nitrogen and oxygen atoms in total. The van der Waals surface area contributed by atoms with Gasteiger partial charge >= 0.3 is 7.68 Å². The van der Waals surface area contributed by atoms with Gasteiger partial charge in [0.2, 0.25) is 10.0 Å². The van der Waals surface area contributed by atoms with Gasteiger partial charge in [0, 0.05) is 6.04 Å². The summed E-state index contributed by atoms with van der Waals surface area (Å²) in [4.78, 5) is 0. The summed E-state index contributed by atoms with van der Waals surface area (Å²) in [5, 5.41) is 18.5. The number of sulfonamides is 1. The number of aliphatic hydroxyl groups is 2. The van der Waals surface area contributed by atoms with Gasteiger partial charge in [0.05, 0.1) is 25.6 Å². The lowest BCUT2D eigenvalue weighted by atomic mass is 10.0. The standard InChI is InChI=1S/C28H59NO3S.C9H11O4P/c1-3-5-7-9-11-13-14-15-16-17-18-19-21-23-25-28(27-30)29-33(31,32)26-24-22-20-12-10-8-6-4-2;10-9(14(11)12)7-13-6-8-4-2-1-3-5-8/h28-30H,3-27H2,1-2H3;1-5,9-10H,6-7H2. The van der Waals surface area contributed by atoms with E-state index < -0.39 is 23.5 Å². The van der Waals surface area contributed by atoms with Crippen LogP contribution in [0.2, 0.25) is 0 Å². The van der Waals surface area contributed by atoms with Crippen LogP contribution < -0.4 is 4.72 Å². The van der Waals surface area contributed by atoms with Crippen molar-refractivity contribution in [3.05, 3.63) is 35.9 Å². The molecular weight excluding hydrogens is 633 g/mol. The molecule has 0 radical (unpaired) electrons. The van der Waals surface area contributed by atoms with Crippen LogP contribution in [-0.4, -0.2) is 49.5 Å². The van der Waals surface area contributed by atoms with E-state index in [4.69, 9.17) is 9.84 Å². The molecule has 0 bridgehead atoms. The quantitative estimate of drug-likeness (QED) is 0.0503. The third-order valence-electron chi connectivity index (χ3n) is 8.36. The zero-order valence-corrected chi connectivity index (χ0v) is 31.6. The average Bonchev–Trinajstić information content (AvgIpc) is 3.06. The highest BCUT2D eigenvalue weighted by Crippen LogP contribution is 2.15. The predicted molar refractivity (Wildman–Crippen MR) is 196 cm³/mol. The van der Waals surface area contributed by atoms with Crippen LogP contribution in [0.3, 0.4) is 0 Å². The molecule has 0 aromatic heterocycles. The van der Waals surface area contributed by atoms with Crippen molar-refractivity contribution < 1.29 is 32.5 Å². The molecule has 10 heteroatoms. The SMILES string of the molecule is CCCCCCCCCCCCCCCCC(CO)NS(=O)(=O)CCCCCCCCCC.O=P(=O)C(O)COCc1ccccc1. The Hall–Kier alpha value is -1.09. The number of unbranched alkanes of at least 4 members (excludes halogenated alkanes) is 20. The van der Waals surface area contributed by atoms with Gasteiger partial charge in [-0.2, -0.15) is 0 Å². The van der Waals surface area contributed by atoms with Gasteiger partial charge in [0.1, 0.15) is 0 Å². The minimum atomic E-state index is -3.27. The molecule has 0 saturated carbocycles. The Morgan fingerprint density at radius 3 is 1.53 bits per heavy atom. The molecule has 1 aromatic carbocycles. The molecule has 1 rings (SSSR count). The van der Waals surface area contributed by atoms with Crippen molar-refractivity contribution in [2.24, 2.45) is 0 Å². The molecule has 2 unspecified atom stereocenters. The molecule has 276 valence electrons. The fraction of sp³-hybridized carbons (Fsp3) is 0.838. The highest BCUT2D eigenvalue weighted by atomic mass is 32.2. The van der Waals surface area contributed by atoms with Crippen molar-refractivity contribution in [3.8, 4) is 0 Å². The molecular formula is C37H70NO7PS. The fourth-order valence-corrected chi connectivity index (χ4v) is 7.06. The van der Waals surface area contributed by atoms with Gasteiger partial charge in [0.25, 0.3) is 0 Å². The maximum atomic E-state index is 12.3. The van der Waals surface area contributed by atoms with E-state index in [2.05, 4.69) is 18.6 Å². The molecule has 2 atom stereocenters. The number of hydrogen-bond acceptors (Lipinski definition) is 7. The van der Waals surface area contributed by atoms with Gasteiger partial charge in [-0.25, -0.2) is 22.3 Å². The summed E-state index contributed by atoms with van der Waals surface area (Å²) >= 11 is 0. The zero-order chi connectivity index (χ0) is 34.9. The summed E-state index contributed by atoms with van der Waals surface area (Å²) in [7, 11) is -6.09. The molecule has 0 saturated heterocycles. The monoisotopic (exact) mass is 703 g/mol. The largest absolute Gasteiger partial charge is 0.395 e. The van der Waals surface area contributed by atoms with Crippen LogP contribution in [-0.2, 0) is 30.5 Å². The lowest BCUT2D eigenvalue weighted by Gasteiger charge is -2.16. The number of benzene rings is 1. The molecule has 0 fully saturated rings. The first kappa shape index (κ1) is 45.9. The van der Waals surface area contributed by atoms with E-state index in [9.17, 15) is 22.7 Å². The minimum absolute atomic E-state index is 0.102. The van der Waals surface area contributed by atoms with Crippen molar-refractivity contribution in [1.82, 2.24) is 4.72 Å². The van der Waals surface area contributed by atoms with E-state index in [1.165, 1.54) is 109 Å². The molecule has 47 heavy (non-hydrogen) atoms. The van der Waals surface area contributed by atoms with Gasteiger partial charge < -0.3 is 14.9 Å². The Morgan fingerprint density at radius 2 is 1.11 bits per heavy atom. The van der Waals surface area contributed by atoms with Gasteiger partial charge in [-0.15, -0.1) is 0 Å². The van der Waals surface area contributed by atoms with Crippen molar-refractivity contribution in [2.75, 3.05) is 19.0 Å². The number of hydrogen-bond donors (Lipinski definition) is 3. The maximum Gasteiger partial charge on any atom is 0.347 e. The van der Waals surface area contributed by atoms with E-state index in [0.29, 0.717) is 6.61 Å². The molecule has 0 amide bonds. The summed E-state index contributed by atoms with van der Waals surface area (Å²) in [6.07, 6.45) is 28.4. The van der Waals surface area contributed by atoms with Gasteiger partial charge in [-0.05, 0) is 18.4 Å². The summed E-state index contributed by atoms with van der Waals surface area (Å²) in [5.41, 5.74) is 0.945. The van der Waals surface area contributed by atoms with Crippen LogP contribution in [0, 0.1) is 0 Å². The van der Waals surface area contributed by atoms with Crippen LogP contribution >= 0.6 is 7.68 Å². The average molecular weight is 704 g/mol. The van der Waals surface area contributed by atoms with Crippen LogP contribution in [0.25, 0.3) is 0 Å². The number of ether oxygens (including phenoxy) is 1. The van der Waals surface area contributed by atoms with Crippen molar-refractivity contribution in [3.63, 3.8) is 0 Å². The van der Waals surface area contributed by atoms with E-state index >= 15 is 0 Å². The van der Waals surface area contributed by atoms with E-state index in [-0.39, 0.29) is 25.0 Å². The summed E-state index contributed by atoms with van der Waals surface area (Å²) in [6, 6.07) is 9.02. The van der Waals surface area contributed by atoms with Crippen LogP contribution in [0.1, 0.15) is 167 Å². The van der Waals surface area contributed by atoms with Crippen LogP contribution in [0.5, 0.6) is 0 Å². The zero-order valence-electron chi connectivity index (χ0n) is 29.9. The molecule has 3 N–H and O–H groups in total. The molecule has 0 aliphatic heterocycles. The Balaban J connectivity index is 0.00000125. The van der Waals surface area contributed by atoms with Gasteiger partial charge in [-0.3, -0.25) is 0 Å². The highest BCUT2D eigenvalue weighted by molar-refractivity contribution is 7.89. The second-order valence-electron chi connectivity index (χ2n) is 12.9. The van der Waals surface area contributed by atoms with E-state index in [1.54, 1.807) is 0 Å². The van der Waals surface area contributed by atoms with Crippen molar-refractivity contribution >= 4 is 17.7 Å². The summed E-state index contributed by atoms with van der Waals surface area (Å²) in [6.45, 7) is 4.51. The first-order chi connectivity index (χ1) is 22.8. The van der Waals surface area contributed by atoms with Gasteiger partial charge in [-0.1, -0.05) is 179 Å². The van der Waals surface area contributed by atoms with E-state index in [1.807, 2.05) is 30.3 Å². The molecule has 0 spiro atoms.